The molecule has 0 saturated carbocycles. The van der Waals surface area contributed by atoms with Gasteiger partial charge >= 0.3 is 0 Å². The summed E-state index contributed by atoms with van der Waals surface area (Å²) in [6.45, 7) is 7.17. The van der Waals surface area contributed by atoms with Crippen molar-refractivity contribution in [3.63, 3.8) is 0 Å². The van der Waals surface area contributed by atoms with Gasteiger partial charge in [0.15, 0.2) is 5.58 Å². The zero-order valence-corrected chi connectivity index (χ0v) is 26.5. The summed E-state index contributed by atoms with van der Waals surface area (Å²) in [5.41, 5.74) is 6.65. The molecule has 9 rings (SSSR count). The SMILES string of the molecule is C[Si](C)(C)c1ccc(N(c2cc3oc4cc5ccccc5cc4c3c3ccccc23)c2cccc3c2oc2ccccc23)cc1. The lowest BCUT2D eigenvalue weighted by atomic mass is 9.99. The first-order valence-electron chi connectivity index (χ1n) is 15.5. The maximum Gasteiger partial charge on any atom is 0.159 e. The van der Waals surface area contributed by atoms with Crippen LogP contribution >= 0.6 is 0 Å². The van der Waals surface area contributed by atoms with Gasteiger partial charge in [0.25, 0.3) is 0 Å². The van der Waals surface area contributed by atoms with E-state index in [4.69, 9.17) is 8.83 Å². The average Bonchev–Trinajstić information content (AvgIpc) is 3.62. The molecule has 4 heteroatoms. The van der Waals surface area contributed by atoms with Crippen LogP contribution < -0.4 is 10.1 Å². The van der Waals surface area contributed by atoms with E-state index >= 15 is 0 Å². The molecule has 0 aliphatic heterocycles. The van der Waals surface area contributed by atoms with Crippen LogP contribution in [0.4, 0.5) is 17.1 Å². The summed E-state index contributed by atoms with van der Waals surface area (Å²) in [5.74, 6) is 0. The number of rotatable bonds is 4. The normalized spacial score (nSPS) is 12.3. The molecular formula is C41H31NO2Si. The topological polar surface area (TPSA) is 29.5 Å². The molecule has 0 amide bonds. The summed E-state index contributed by atoms with van der Waals surface area (Å²) in [4.78, 5) is 2.35. The van der Waals surface area contributed by atoms with Gasteiger partial charge in [-0.3, -0.25) is 0 Å². The summed E-state index contributed by atoms with van der Waals surface area (Å²) >= 11 is 0. The zero-order chi connectivity index (χ0) is 30.3. The summed E-state index contributed by atoms with van der Waals surface area (Å²) in [6, 6.07) is 47.7. The molecule has 0 aliphatic rings. The van der Waals surface area contributed by atoms with Crippen molar-refractivity contribution in [2.45, 2.75) is 19.6 Å². The van der Waals surface area contributed by atoms with E-state index in [9.17, 15) is 0 Å². The maximum atomic E-state index is 6.69. The van der Waals surface area contributed by atoms with E-state index in [1.807, 2.05) is 12.1 Å². The lowest BCUT2D eigenvalue weighted by Gasteiger charge is -2.28. The Bertz CT molecular complexity index is 2580. The maximum absolute atomic E-state index is 6.69. The Hall–Kier alpha value is -5.32. The van der Waals surface area contributed by atoms with E-state index in [2.05, 4.69) is 146 Å². The predicted octanol–water partition coefficient (Wildman–Crippen LogP) is 11.8. The van der Waals surface area contributed by atoms with E-state index in [1.165, 1.54) is 21.3 Å². The first-order chi connectivity index (χ1) is 21.9. The summed E-state index contributed by atoms with van der Waals surface area (Å²) < 4.78 is 13.3. The Morgan fingerprint density at radius 1 is 0.467 bits per heavy atom. The monoisotopic (exact) mass is 597 g/mol. The highest BCUT2D eigenvalue weighted by atomic mass is 28.3. The van der Waals surface area contributed by atoms with Crippen LogP contribution in [-0.2, 0) is 0 Å². The predicted molar refractivity (Wildman–Crippen MR) is 194 cm³/mol. The highest BCUT2D eigenvalue weighted by molar-refractivity contribution is 6.88. The number of hydrogen-bond donors (Lipinski definition) is 0. The first-order valence-corrected chi connectivity index (χ1v) is 19.0. The fraction of sp³-hybridized carbons (Fsp3) is 0.0732. The average molecular weight is 598 g/mol. The molecule has 0 atom stereocenters. The van der Waals surface area contributed by atoms with Gasteiger partial charge in [-0.05, 0) is 52.6 Å². The molecule has 7 aromatic carbocycles. The summed E-state index contributed by atoms with van der Waals surface area (Å²) in [7, 11) is -1.49. The highest BCUT2D eigenvalue weighted by Crippen LogP contribution is 2.47. The van der Waals surface area contributed by atoms with Crippen molar-refractivity contribution >= 4 is 95.7 Å². The molecule has 0 bridgehead atoms. The molecule has 0 saturated heterocycles. The summed E-state index contributed by atoms with van der Waals surface area (Å²) in [6.07, 6.45) is 0. The smallest absolute Gasteiger partial charge is 0.159 e. The molecule has 216 valence electrons. The molecular weight excluding hydrogens is 567 g/mol. The standard InChI is InChI=1S/C41H31NO2Si/c1-45(2,3)29-21-19-28(20-22-29)42(35-17-10-16-33-31-14-8-9-18-37(31)44-41(33)35)36-25-39-40(32-15-7-6-13-30(32)36)34-23-26-11-4-5-12-27(26)24-38(34)43-39/h4-25H,1-3H3. The van der Waals surface area contributed by atoms with Crippen LogP contribution in [0.15, 0.2) is 142 Å². The Balaban J connectivity index is 1.38. The van der Waals surface area contributed by atoms with Gasteiger partial charge in [0, 0.05) is 38.7 Å². The summed E-state index contributed by atoms with van der Waals surface area (Å²) in [5, 5.41) is 10.6. The molecule has 2 heterocycles. The van der Waals surface area contributed by atoms with Crippen LogP contribution in [0.2, 0.25) is 19.6 Å². The third kappa shape index (κ3) is 4.03. The molecule has 0 spiro atoms. The number of nitrogens with zero attached hydrogens (tertiary/aromatic N) is 1. The Kier molecular flexibility index (Phi) is 5.56. The largest absolute Gasteiger partial charge is 0.456 e. The second kappa shape index (κ2) is 9.59. The molecule has 9 aromatic rings. The van der Waals surface area contributed by atoms with E-state index < -0.39 is 8.07 Å². The molecule has 2 aromatic heterocycles. The van der Waals surface area contributed by atoms with Gasteiger partial charge in [0.05, 0.1) is 19.4 Å². The van der Waals surface area contributed by atoms with Gasteiger partial charge in [-0.15, -0.1) is 0 Å². The van der Waals surface area contributed by atoms with Crippen molar-refractivity contribution in [2.75, 3.05) is 4.90 Å². The fourth-order valence-electron chi connectivity index (χ4n) is 6.92. The van der Waals surface area contributed by atoms with Gasteiger partial charge in [-0.2, -0.15) is 0 Å². The Morgan fingerprint density at radius 2 is 1.13 bits per heavy atom. The highest BCUT2D eigenvalue weighted by Gasteiger charge is 2.24. The number of furan rings is 2. The molecule has 45 heavy (non-hydrogen) atoms. The molecule has 0 N–H and O–H groups in total. The van der Waals surface area contributed by atoms with Crippen molar-refractivity contribution in [1.82, 2.24) is 0 Å². The number of hydrogen-bond acceptors (Lipinski definition) is 3. The minimum atomic E-state index is -1.49. The number of para-hydroxylation sites is 2. The van der Waals surface area contributed by atoms with Crippen LogP contribution in [-0.4, -0.2) is 8.07 Å². The van der Waals surface area contributed by atoms with Gasteiger partial charge in [-0.25, -0.2) is 0 Å². The molecule has 0 radical (unpaired) electrons. The van der Waals surface area contributed by atoms with E-state index in [1.54, 1.807) is 0 Å². The quantitative estimate of drug-likeness (QED) is 0.189. The number of fused-ring (bicyclic) bond motifs is 9. The van der Waals surface area contributed by atoms with Crippen molar-refractivity contribution < 1.29 is 8.83 Å². The van der Waals surface area contributed by atoms with E-state index in [0.29, 0.717) is 0 Å². The molecule has 0 fully saturated rings. The Morgan fingerprint density at radius 3 is 1.91 bits per heavy atom. The number of anilines is 3. The van der Waals surface area contributed by atoms with Crippen LogP contribution in [0, 0.1) is 0 Å². The minimum Gasteiger partial charge on any atom is -0.456 e. The van der Waals surface area contributed by atoms with Crippen LogP contribution in [0.5, 0.6) is 0 Å². The van der Waals surface area contributed by atoms with Gasteiger partial charge < -0.3 is 13.7 Å². The second-order valence-electron chi connectivity index (χ2n) is 13.0. The van der Waals surface area contributed by atoms with Crippen molar-refractivity contribution in [3.8, 4) is 0 Å². The van der Waals surface area contributed by atoms with Gasteiger partial charge in [-0.1, -0.05) is 116 Å². The first kappa shape index (κ1) is 26.1. The fourth-order valence-corrected chi connectivity index (χ4v) is 8.09. The van der Waals surface area contributed by atoms with Crippen molar-refractivity contribution in [2.24, 2.45) is 0 Å². The molecule has 0 aliphatic carbocycles. The van der Waals surface area contributed by atoms with Crippen molar-refractivity contribution in [1.29, 1.82) is 0 Å². The zero-order valence-electron chi connectivity index (χ0n) is 25.5. The molecule has 3 nitrogen and oxygen atoms in total. The Labute approximate surface area is 261 Å². The lowest BCUT2D eigenvalue weighted by Crippen LogP contribution is -2.37. The van der Waals surface area contributed by atoms with Crippen LogP contribution in [0.25, 0.3) is 65.4 Å². The third-order valence-corrected chi connectivity index (χ3v) is 11.2. The van der Waals surface area contributed by atoms with Gasteiger partial charge in [0.2, 0.25) is 0 Å². The molecule has 0 unspecified atom stereocenters. The van der Waals surface area contributed by atoms with Crippen molar-refractivity contribution in [3.05, 3.63) is 133 Å². The third-order valence-electron chi connectivity index (χ3n) is 9.18. The number of benzene rings is 7. The van der Waals surface area contributed by atoms with E-state index in [-0.39, 0.29) is 0 Å². The minimum absolute atomic E-state index is 0.869. The van der Waals surface area contributed by atoms with Crippen LogP contribution in [0.3, 0.4) is 0 Å². The second-order valence-corrected chi connectivity index (χ2v) is 18.1. The lowest BCUT2D eigenvalue weighted by molar-refractivity contribution is 0.668. The van der Waals surface area contributed by atoms with Crippen LogP contribution in [0.1, 0.15) is 0 Å². The van der Waals surface area contributed by atoms with E-state index in [0.717, 1.165) is 66.3 Å². The van der Waals surface area contributed by atoms with Gasteiger partial charge in [0.1, 0.15) is 16.7 Å².